The zero-order valence-corrected chi connectivity index (χ0v) is 17.6. The van der Waals surface area contributed by atoms with E-state index in [0.29, 0.717) is 31.0 Å². The van der Waals surface area contributed by atoms with Crippen molar-refractivity contribution < 1.29 is 17.9 Å². The zero-order chi connectivity index (χ0) is 20.7. The molecule has 0 spiro atoms. The van der Waals surface area contributed by atoms with E-state index in [0.717, 1.165) is 5.56 Å². The highest BCUT2D eigenvalue weighted by Crippen LogP contribution is 2.20. The number of benzene rings is 2. The van der Waals surface area contributed by atoms with E-state index in [4.69, 9.17) is 4.74 Å². The molecule has 2 aromatic rings. The predicted molar refractivity (Wildman–Crippen MR) is 110 cm³/mol. The molecule has 0 aliphatic heterocycles. The van der Waals surface area contributed by atoms with Crippen LogP contribution >= 0.6 is 0 Å². The van der Waals surface area contributed by atoms with Crippen molar-refractivity contribution >= 4 is 15.9 Å². The third kappa shape index (κ3) is 5.11. The Morgan fingerprint density at radius 2 is 1.71 bits per heavy atom. The van der Waals surface area contributed by atoms with E-state index in [1.165, 1.54) is 4.31 Å². The minimum atomic E-state index is -3.49. The van der Waals surface area contributed by atoms with Gasteiger partial charge in [-0.3, -0.25) is 4.79 Å². The molecule has 0 heterocycles. The second kappa shape index (κ2) is 9.71. The van der Waals surface area contributed by atoms with E-state index in [2.05, 4.69) is 5.32 Å². The summed E-state index contributed by atoms with van der Waals surface area (Å²) in [4.78, 5) is 12.8. The van der Waals surface area contributed by atoms with Crippen LogP contribution in [0.15, 0.2) is 53.4 Å². The maximum Gasteiger partial charge on any atom is 0.251 e. The van der Waals surface area contributed by atoms with E-state index >= 15 is 0 Å². The van der Waals surface area contributed by atoms with Gasteiger partial charge in [0.2, 0.25) is 10.0 Å². The fourth-order valence-corrected chi connectivity index (χ4v) is 4.36. The zero-order valence-electron chi connectivity index (χ0n) is 16.8. The maximum atomic E-state index is 12.6. The summed E-state index contributed by atoms with van der Waals surface area (Å²) in [6.07, 6.45) is 0. The molecule has 1 N–H and O–H groups in total. The largest absolute Gasteiger partial charge is 0.494 e. The molecule has 0 radical (unpaired) electrons. The SMILES string of the molecule is CCOc1cccc(C(=O)NC(C)c2ccc(S(=O)(=O)N(CC)CC)cc2)c1. The Balaban J connectivity index is 2.12. The molecular weight excluding hydrogens is 376 g/mol. The lowest BCUT2D eigenvalue weighted by Gasteiger charge is -2.19. The highest BCUT2D eigenvalue weighted by atomic mass is 32.2. The topological polar surface area (TPSA) is 75.7 Å². The van der Waals surface area contributed by atoms with Gasteiger partial charge in [0.05, 0.1) is 17.5 Å². The summed E-state index contributed by atoms with van der Waals surface area (Å²) in [6, 6.07) is 13.4. The number of carbonyl (C=O) groups is 1. The molecular formula is C21H28N2O4S. The first-order valence-corrected chi connectivity index (χ1v) is 10.9. The molecule has 152 valence electrons. The molecule has 0 saturated heterocycles. The lowest BCUT2D eigenvalue weighted by atomic mass is 10.1. The molecule has 28 heavy (non-hydrogen) atoms. The third-order valence-corrected chi connectivity index (χ3v) is 6.54. The van der Waals surface area contributed by atoms with Crippen molar-refractivity contribution in [2.75, 3.05) is 19.7 Å². The van der Waals surface area contributed by atoms with Gasteiger partial charge in [-0.25, -0.2) is 8.42 Å². The number of rotatable bonds is 9. The van der Waals surface area contributed by atoms with E-state index in [1.54, 1.807) is 48.5 Å². The fraction of sp³-hybridized carbons (Fsp3) is 0.381. The number of nitrogens with zero attached hydrogens (tertiary/aromatic N) is 1. The summed E-state index contributed by atoms with van der Waals surface area (Å²) in [6.45, 7) is 8.75. The average molecular weight is 405 g/mol. The minimum Gasteiger partial charge on any atom is -0.494 e. The molecule has 0 aromatic heterocycles. The molecule has 1 unspecified atom stereocenters. The van der Waals surface area contributed by atoms with Crippen molar-refractivity contribution in [1.82, 2.24) is 9.62 Å². The number of hydrogen-bond acceptors (Lipinski definition) is 4. The summed E-state index contributed by atoms with van der Waals surface area (Å²) in [5, 5.41) is 2.93. The van der Waals surface area contributed by atoms with Crippen LogP contribution in [0, 0.1) is 0 Å². The molecule has 7 heteroatoms. The van der Waals surface area contributed by atoms with Crippen molar-refractivity contribution in [2.24, 2.45) is 0 Å². The number of hydrogen-bond donors (Lipinski definition) is 1. The first kappa shape index (κ1) is 21.9. The van der Waals surface area contributed by atoms with Gasteiger partial charge in [0.25, 0.3) is 5.91 Å². The Bertz CT molecular complexity index is 891. The Morgan fingerprint density at radius 1 is 1.07 bits per heavy atom. The normalized spacial score (nSPS) is 12.6. The Labute approximate surface area is 167 Å². The molecule has 2 aromatic carbocycles. The number of amides is 1. The third-order valence-electron chi connectivity index (χ3n) is 4.48. The molecule has 0 aliphatic carbocycles. The minimum absolute atomic E-state index is 0.214. The average Bonchev–Trinajstić information content (AvgIpc) is 2.69. The van der Waals surface area contributed by atoms with Crippen LogP contribution in [-0.2, 0) is 10.0 Å². The number of sulfonamides is 1. The molecule has 0 aliphatic rings. The fourth-order valence-electron chi connectivity index (χ4n) is 2.90. The lowest BCUT2D eigenvalue weighted by molar-refractivity contribution is 0.0939. The van der Waals surface area contributed by atoms with Crippen molar-refractivity contribution in [1.29, 1.82) is 0 Å². The van der Waals surface area contributed by atoms with E-state index in [9.17, 15) is 13.2 Å². The highest BCUT2D eigenvalue weighted by molar-refractivity contribution is 7.89. The van der Waals surface area contributed by atoms with Gasteiger partial charge in [0, 0.05) is 18.7 Å². The van der Waals surface area contributed by atoms with Crippen molar-refractivity contribution in [2.45, 2.75) is 38.6 Å². The Morgan fingerprint density at radius 3 is 2.29 bits per heavy atom. The van der Waals surface area contributed by atoms with Crippen LogP contribution in [0.2, 0.25) is 0 Å². The summed E-state index contributed by atoms with van der Waals surface area (Å²) >= 11 is 0. The highest BCUT2D eigenvalue weighted by Gasteiger charge is 2.21. The number of ether oxygens (including phenoxy) is 1. The van der Waals surface area contributed by atoms with Crippen molar-refractivity contribution in [3.63, 3.8) is 0 Å². The molecule has 0 fully saturated rings. The van der Waals surface area contributed by atoms with Gasteiger partial charge in [-0.2, -0.15) is 4.31 Å². The quantitative estimate of drug-likeness (QED) is 0.693. The summed E-state index contributed by atoms with van der Waals surface area (Å²) in [5.74, 6) is 0.433. The van der Waals surface area contributed by atoms with Gasteiger partial charge in [-0.05, 0) is 49.7 Å². The van der Waals surface area contributed by atoms with Crippen LogP contribution < -0.4 is 10.1 Å². The molecule has 0 bridgehead atoms. The second-order valence-electron chi connectivity index (χ2n) is 6.31. The summed E-state index contributed by atoms with van der Waals surface area (Å²) < 4.78 is 32.0. The van der Waals surface area contributed by atoms with E-state index in [-0.39, 0.29) is 16.8 Å². The van der Waals surface area contributed by atoms with Gasteiger partial charge >= 0.3 is 0 Å². The molecule has 2 rings (SSSR count). The molecule has 6 nitrogen and oxygen atoms in total. The molecule has 0 saturated carbocycles. The van der Waals surface area contributed by atoms with Gasteiger partial charge < -0.3 is 10.1 Å². The summed E-state index contributed by atoms with van der Waals surface area (Å²) in [7, 11) is -3.49. The van der Waals surface area contributed by atoms with Crippen LogP contribution in [0.3, 0.4) is 0 Å². The van der Waals surface area contributed by atoms with E-state index in [1.807, 2.05) is 27.7 Å². The lowest BCUT2D eigenvalue weighted by Crippen LogP contribution is -2.30. The maximum absolute atomic E-state index is 12.6. The predicted octanol–water partition coefficient (Wildman–Crippen LogP) is 3.61. The number of nitrogens with one attached hydrogen (secondary N) is 1. The molecule has 1 amide bonds. The first-order valence-electron chi connectivity index (χ1n) is 9.47. The van der Waals surface area contributed by atoms with Crippen molar-refractivity contribution in [3.05, 3.63) is 59.7 Å². The standard InChI is InChI=1S/C21H28N2O4S/c1-5-23(6-2)28(25,26)20-13-11-17(12-14-20)16(4)22-21(24)18-9-8-10-19(15-18)27-7-3/h8-16H,5-7H2,1-4H3,(H,22,24). The second-order valence-corrected chi connectivity index (χ2v) is 8.25. The monoisotopic (exact) mass is 404 g/mol. The van der Waals surface area contributed by atoms with Crippen molar-refractivity contribution in [3.8, 4) is 5.75 Å². The Hall–Kier alpha value is -2.38. The van der Waals surface area contributed by atoms with Gasteiger partial charge in [-0.1, -0.05) is 32.0 Å². The van der Waals surface area contributed by atoms with E-state index < -0.39 is 10.0 Å². The van der Waals surface area contributed by atoms with Crippen LogP contribution in [0.4, 0.5) is 0 Å². The van der Waals surface area contributed by atoms with Crippen LogP contribution in [0.1, 0.15) is 49.7 Å². The van der Waals surface area contributed by atoms with Gasteiger partial charge in [0.15, 0.2) is 0 Å². The van der Waals surface area contributed by atoms with Gasteiger partial charge in [-0.15, -0.1) is 0 Å². The van der Waals surface area contributed by atoms with Crippen LogP contribution in [0.25, 0.3) is 0 Å². The van der Waals surface area contributed by atoms with Gasteiger partial charge in [0.1, 0.15) is 5.75 Å². The van der Waals surface area contributed by atoms with Crippen LogP contribution in [-0.4, -0.2) is 38.3 Å². The summed E-state index contributed by atoms with van der Waals surface area (Å²) in [5.41, 5.74) is 1.34. The molecule has 1 atom stereocenters. The number of carbonyl (C=O) groups excluding carboxylic acids is 1. The smallest absolute Gasteiger partial charge is 0.251 e. The first-order chi connectivity index (χ1) is 13.3. The van der Waals surface area contributed by atoms with Crippen LogP contribution in [0.5, 0.6) is 5.75 Å². The Kier molecular flexibility index (Phi) is 7.60.